The number of ether oxygens (including phenoxy) is 1. The van der Waals surface area contributed by atoms with Gasteiger partial charge < -0.3 is 10.1 Å². The van der Waals surface area contributed by atoms with Gasteiger partial charge in [-0.25, -0.2) is 13.1 Å². The maximum atomic E-state index is 12.2. The lowest BCUT2D eigenvalue weighted by molar-refractivity contribution is 0.196. The van der Waals surface area contributed by atoms with E-state index in [0.717, 1.165) is 18.5 Å². The van der Waals surface area contributed by atoms with E-state index in [4.69, 9.17) is 4.74 Å². The van der Waals surface area contributed by atoms with Crippen molar-refractivity contribution in [1.29, 1.82) is 0 Å². The van der Waals surface area contributed by atoms with E-state index in [1.54, 1.807) is 25.3 Å². The predicted octanol–water partition coefficient (Wildman–Crippen LogP) is 2.06. The van der Waals surface area contributed by atoms with E-state index in [1.807, 2.05) is 13.0 Å². The molecule has 0 aromatic heterocycles. The van der Waals surface area contributed by atoms with Crippen LogP contribution in [-0.4, -0.2) is 35.2 Å². The summed E-state index contributed by atoms with van der Waals surface area (Å²) in [4.78, 5) is 0.314. The number of hydrogen-bond donors (Lipinski definition) is 2. The summed E-state index contributed by atoms with van der Waals surface area (Å²) in [5.41, 5.74) is 0.999. The van der Waals surface area contributed by atoms with Gasteiger partial charge in [-0.05, 0) is 37.1 Å². The summed E-state index contributed by atoms with van der Waals surface area (Å²) in [6, 6.07) is 7.30. The molecule has 1 rings (SSSR count). The van der Waals surface area contributed by atoms with E-state index < -0.39 is 10.0 Å². The molecule has 0 amide bonds. The Labute approximate surface area is 128 Å². The fraction of sp³-hybridized carbons (Fsp3) is 0.600. The van der Waals surface area contributed by atoms with Crippen LogP contribution in [0.5, 0.6) is 0 Å². The number of benzene rings is 1. The summed E-state index contributed by atoms with van der Waals surface area (Å²) in [5, 5.41) is 3.36. The minimum absolute atomic E-state index is 0.179. The largest absolute Gasteiger partial charge is 0.385 e. The van der Waals surface area contributed by atoms with Gasteiger partial charge in [0.2, 0.25) is 10.0 Å². The third-order valence-corrected chi connectivity index (χ3v) is 4.71. The summed E-state index contributed by atoms with van der Waals surface area (Å²) >= 11 is 0. The van der Waals surface area contributed by atoms with Gasteiger partial charge in [0.1, 0.15) is 0 Å². The first-order chi connectivity index (χ1) is 10.0. The number of nitrogens with one attached hydrogen (secondary N) is 2. The van der Waals surface area contributed by atoms with Crippen molar-refractivity contribution in [3.05, 3.63) is 29.8 Å². The highest BCUT2D eigenvalue weighted by Crippen LogP contribution is 2.20. The Morgan fingerprint density at radius 1 is 1.29 bits per heavy atom. The summed E-state index contributed by atoms with van der Waals surface area (Å²) in [6.07, 6.45) is 1.57. The van der Waals surface area contributed by atoms with Gasteiger partial charge in [0, 0.05) is 26.3 Å². The number of rotatable bonds is 10. The van der Waals surface area contributed by atoms with Crippen LogP contribution in [0.3, 0.4) is 0 Å². The standard InChI is InChI=1S/C15H26N2O3S/c1-4-15(16-5-2)13-8-6-9-14(12-13)21(18,19)17-10-7-11-20-3/h6,8-9,12,15-17H,4-5,7,10-11H2,1-3H3. The van der Waals surface area contributed by atoms with Crippen LogP contribution in [0, 0.1) is 0 Å². The summed E-state index contributed by atoms with van der Waals surface area (Å²) in [5.74, 6) is 0. The lowest BCUT2D eigenvalue weighted by atomic mass is 10.0. The summed E-state index contributed by atoms with van der Waals surface area (Å²) in [7, 11) is -1.85. The van der Waals surface area contributed by atoms with Crippen LogP contribution in [-0.2, 0) is 14.8 Å². The second-order valence-electron chi connectivity index (χ2n) is 4.84. The average Bonchev–Trinajstić information content (AvgIpc) is 2.49. The van der Waals surface area contributed by atoms with E-state index in [1.165, 1.54) is 0 Å². The molecule has 0 aliphatic carbocycles. The molecule has 0 fully saturated rings. The highest BCUT2D eigenvalue weighted by atomic mass is 32.2. The van der Waals surface area contributed by atoms with Crippen LogP contribution >= 0.6 is 0 Å². The van der Waals surface area contributed by atoms with Crippen molar-refractivity contribution in [2.75, 3.05) is 26.8 Å². The van der Waals surface area contributed by atoms with Crippen LogP contribution in [0.4, 0.5) is 0 Å². The van der Waals surface area contributed by atoms with Gasteiger partial charge in [0.25, 0.3) is 0 Å². The maximum absolute atomic E-state index is 12.2. The molecule has 0 radical (unpaired) electrons. The van der Waals surface area contributed by atoms with Crippen LogP contribution < -0.4 is 10.0 Å². The highest BCUT2D eigenvalue weighted by Gasteiger charge is 2.16. The highest BCUT2D eigenvalue weighted by molar-refractivity contribution is 7.89. The van der Waals surface area contributed by atoms with Crippen molar-refractivity contribution in [3.8, 4) is 0 Å². The van der Waals surface area contributed by atoms with Crippen molar-refractivity contribution >= 4 is 10.0 Å². The van der Waals surface area contributed by atoms with Crippen molar-refractivity contribution < 1.29 is 13.2 Å². The molecule has 2 N–H and O–H groups in total. The van der Waals surface area contributed by atoms with E-state index in [9.17, 15) is 8.42 Å². The molecule has 0 aliphatic rings. The lowest BCUT2D eigenvalue weighted by Gasteiger charge is -2.17. The Morgan fingerprint density at radius 3 is 2.67 bits per heavy atom. The minimum atomic E-state index is -3.45. The molecule has 21 heavy (non-hydrogen) atoms. The molecule has 1 aromatic rings. The van der Waals surface area contributed by atoms with Crippen molar-refractivity contribution in [1.82, 2.24) is 10.0 Å². The molecule has 0 aliphatic heterocycles. The third kappa shape index (κ3) is 5.74. The first kappa shape index (κ1) is 18.1. The SMILES string of the molecule is CCNC(CC)c1cccc(S(=O)(=O)NCCCOC)c1. The first-order valence-electron chi connectivity index (χ1n) is 7.37. The Hall–Kier alpha value is -0.950. The van der Waals surface area contributed by atoms with Gasteiger partial charge in [-0.2, -0.15) is 0 Å². The predicted molar refractivity (Wildman–Crippen MR) is 84.8 cm³/mol. The van der Waals surface area contributed by atoms with Gasteiger partial charge in [0.05, 0.1) is 4.90 Å². The Balaban J connectivity index is 2.82. The average molecular weight is 314 g/mol. The van der Waals surface area contributed by atoms with Crippen LogP contribution in [0.2, 0.25) is 0 Å². The zero-order chi connectivity index (χ0) is 15.7. The third-order valence-electron chi connectivity index (χ3n) is 3.25. The fourth-order valence-corrected chi connectivity index (χ4v) is 3.28. The zero-order valence-corrected chi connectivity index (χ0v) is 13.9. The quantitative estimate of drug-likeness (QED) is 0.649. The molecule has 0 saturated carbocycles. The molecule has 6 heteroatoms. The molecule has 0 saturated heterocycles. The van der Waals surface area contributed by atoms with Gasteiger partial charge in [0.15, 0.2) is 0 Å². The van der Waals surface area contributed by atoms with Crippen LogP contribution in [0.25, 0.3) is 0 Å². The molecule has 1 atom stereocenters. The van der Waals surface area contributed by atoms with E-state index in [-0.39, 0.29) is 6.04 Å². The minimum Gasteiger partial charge on any atom is -0.385 e. The topological polar surface area (TPSA) is 67.4 Å². The van der Waals surface area contributed by atoms with Gasteiger partial charge >= 0.3 is 0 Å². The molecule has 1 aromatic carbocycles. The van der Waals surface area contributed by atoms with Gasteiger partial charge in [-0.15, -0.1) is 0 Å². The smallest absolute Gasteiger partial charge is 0.240 e. The molecule has 0 bridgehead atoms. The maximum Gasteiger partial charge on any atom is 0.240 e. The second kappa shape index (κ2) is 9.15. The first-order valence-corrected chi connectivity index (χ1v) is 8.85. The molecule has 120 valence electrons. The fourth-order valence-electron chi connectivity index (χ4n) is 2.15. The lowest BCUT2D eigenvalue weighted by Crippen LogP contribution is -2.26. The van der Waals surface area contributed by atoms with E-state index >= 15 is 0 Å². The van der Waals surface area contributed by atoms with E-state index in [0.29, 0.717) is 24.5 Å². The summed E-state index contributed by atoms with van der Waals surface area (Å²) < 4.78 is 32.0. The Morgan fingerprint density at radius 2 is 2.05 bits per heavy atom. The zero-order valence-electron chi connectivity index (χ0n) is 13.1. The summed E-state index contributed by atoms with van der Waals surface area (Å²) in [6.45, 7) is 5.90. The molecule has 0 heterocycles. The molecule has 5 nitrogen and oxygen atoms in total. The van der Waals surface area contributed by atoms with Gasteiger partial charge in [-0.1, -0.05) is 26.0 Å². The number of methoxy groups -OCH3 is 1. The Kier molecular flexibility index (Phi) is 7.88. The molecular weight excluding hydrogens is 288 g/mol. The number of sulfonamides is 1. The second-order valence-corrected chi connectivity index (χ2v) is 6.60. The van der Waals surface area contributed by atoms with Crippen molar-refractivity contribution in [2.24, 2.45) is 0 Å². The molecule has 0 spiro atoms. The molecular formula is C15H26N2O3S. The van der Waals surface area contributed by atoms with Crippen LogP contribution in [0.15, 0.2) is 29.2 Å². The monoisotopic (exact) mass is 314 g/mol. The Bertz CT molecular complexity index is 517. The molecule has 1 unspecified atom stereocenters. The van der Waals surface area contributed by atoms with Crippen molar-refractivity contribution in [2.45, 2.75) is 37.6 Å². The van der Waals surface area contributed by atoms with E-state index in [2.05, 4.69) is 17.0 Å². The normalized spacial score (nSPS) is 13.3. The number of hydrogen-bond acceptors (Lipinski definition) is 4. The van der Waals surface area contributed by atoms with Crippen LogP contribution in [0.1, 0.15) is 38.3 Å². The van der Waals surface area contributed by atoms with Gasteiger partial charge in [-0.3, -0.25) is 0 Å². The van der Waals surface area contributed by atoms with Crippen molar-refractivity contribution in [3.63, 3.8) is 0 Å².